The number of anilines is 2. The van der Waals surface area contributed by atoms with Crippen molar-refractivity contribution in [2.24, 2.45) is 0 Å². The van der Waals surface area contributed by atoms with Crippen LogP contribution in [0.1, 0.15) is 33.8 Å². The number of amides is 2. The summed E-state index contributed by atoms with van der Waals surface area (Å²) >= 11 is 1.14. The maximum Gasteiger partial charge on any atom is 0.266 e. The number of nitrogens with one attached hydrogen (secondary N) is 2. The lowest BCUT2D eigenvalue weighted by atomic mass is 10.1. The van der Waals surface area contributed by atoms with Crippen LogP contribution in [0.15, 0.2) is 53.6 Å². The van der Waals surface area contributed by atoms with E-state index in [1.807, 2.05) is 31.2 Å². The fourth-order valence-electron chi connectivity index (χ4n) is 3.80. The SMILES string of the molecule is COc1ccc(OC)c(NC(=O)C(C)n2cnc3sc(C(=O)Nc4ccccc4C)c(C)c3c2=O)c1. The van der Waals surface area contributed by atoms with Gasteiger partial charge in [0.05, 0.1) is 36.5 Å². The maximum absolute atomic E-state index is 13.4. The Hall–Kier alpha value is -4.18. The Morgan fingerprint density at radius 3 is 2.47 bits per heavy atom. The standard InChI is InChI=1S/C26H26N4O5S/c1-14-8-6-7-9-18(14)28-24(32)22-15(2)21-25(36-22)27-13-30(26(21)33)16(3)23(31)29-19-12-17(34-4)10-11-20(19)35-5/h6-13,16H,1-5H3,(H,28,32)(H,29,31). The minimum Gasteiger partial charge on any atom is -0.497 e. The van der Waals surface area contributed by atoms with Crippen molar-refractivity contribution in [2.45, 2.75) is 26.8 Å². The van der Waals surface area contributed by atoms with Crippen LogP contribution in [0.4, 0.5) is 11.4 Å². The van der Waals surface area contributed by atoms with Crippen molar-refractivity contribution in [3.63, 3.8) is 0 Å². The summed E-state index contributed by atoms with van der Waals surface area (Å²) in [4.78, 5) is 44.6. The third kappa shape index (κ3) is 4.67. The van der Waals surface area contributed by atoms with Gasteiger partial charge in [-0.3, -0.25) is 19.0 Å². The Morgan fingerprint density at radius 1 is 1.03 bits per heavy atom. The number of carbonyl (C=O) groups excluding carboxylic acids is 2. The molecule has 1 unspecified atom stereocenters. The van der Waals surface area contributed by atoms with Crippen molar-refractivity contribution in [2.75, 3.05) is 24.9 Å². The van der Waals surface area contributed by atoms with Crippen LogP contribution in [0.25, 0.3) is 10.2 Å². The number of benzene rings is 2. The summed E-state index contributed by atoms with van der Waals surface area (Å²) < 4.78 is 11.8. The van der Waals surface area contributed by atoms with Crippen LogP contribution in [-0.4, -0.2) is 35.6 Å². The topological polar surface area (TPSA) is 112 Å². The number of carbonyl (C=O) groups is 2. The molecule has 0 saturated carbocycles. The van der Waals surface area contributed by atoms with E-state index in [2.05, 4.69) is 15.6 Å². The first-order chi connectivity index (χ1) is 17.2. The number of rotatable bonds is 7. The molecule has 2 amide bonds. The van der Waals surface area contributed by atoms with Gasteiger partial charge >= 0.3 is 0 Å². The molecular weight excluding hydrogens is 480 g/mol. The molecule has 0 saturated heterocycles. The summed E-state index contributed by atoms with van der Waals surface area (Å²) in [6.07, 6.45) is 1.33. The van der Waals surface area contributed by atoms with Crippen molar-refractivity contribution in [3.05, 3.63) is 75.1 Å². The molecular formula is C26H26N4O5S. The summed E-state index contributed by atoms with van der Waals surface area (Å²) in [5.74, 6) is 0.251. The summed E-state index contributed by atoms with van der Waals surface area (Å²) in [6, 6.07) is 11.6. The number of methoxy groups -OCH3 is 2. The van der Waals surface area contributed by atoms with E-state index in [4.69, 9.17) is 9.47 Å². The second-order valence-electron chi connectivity index (χ2n) is 8.19. The van der Waals surface area contributed by atoms with Gasteiger partial charge in [0.25, 0.3) is 11.5 Å². The van der Waals surface area contributed by atoms with Crippen LogP contribution >= 0.6 is 11.3 Å². The molecule has 0 aliphatic carbocycles. The van der Waals surface area contributed by atoms with Gasteiger partial charge < -0.3 is 20.1 Å². The van der Waals surface area contributed by atoms with Crippen LogP contribution in [0.2, 0.25) is 0 Å². The van der Waals surface area contributed by atoms with Crippen molar-refractivity contribution < 1.29 is 19.1 Å². The highest BCUT2D eigenvalue weighted by Gasteiger charge is 2.24. The molecule has 0 aliphatic rings. The highest BCUT2D eigenvalue weighted by molar-refractivity contribution is 7.20. The maximum atomic E-state index is 13.4. The van der Waals surface area contributed by atoms with Crippen molar-refractivity contribution >= 4 is 44.7 Å². The van der Waals surface area contributed by atoms with Gasteiger partial charge in [-0.2, -0.15) is 0 Å². The van der Waals surface area contributed by atoms with E-state index >= 15 is 0 Å². The van der Waals surface area contributed by atoms with Crippen molar-refractivity contribution in [3.8, 4) is 11.5 Å². The molecule has 2 heterocycles. The van der Waals surface area contributed by atoms with Gasteiger partial charge in [0.1, 0.15) is 22.4 Å². The molecule has 2 N–H and O–H groups in total. The number of thiophene rings is 1. The molecule has 2 aromatic heterocycles. The number of ether oxygens (including phenoxy) is 2. The van der Waals surface area contributed by atoms with Gasteiger partial charge in [-0.05, 0) is 50.1 Å². The molecule has 0 aliphatic heterocycles. The second-order valence-corrected chi connectivity index (χ2v) is 9.19. The van der Waals surface area contributed by atoms with Gasteiger partial charge in [0, 0.05) is 11.8 Å². The number of hydrogen-bond acceptors (Lipinski definition) is 7. The van der Waals surface area contributed by atoms with Gasteiger partial charge in [-0.25, -0.2) is 4.98 Å². The van der Waals surface area contributed by atoms with E-state index in [-0.39, 0.29) is 5.91 Å². The quantitative estimate of drug-likeness (QED) is 0.381. The molecule has 9 nitrogen and oxygen atoms in total. The fraction of sp³-hybridized carbons (Fsp3) is 0.231. The average molecular weight is 507 g/mol. The Balaban J connectivity index is 1.64. The lowest BCUT2D eigenvalue weighted by Crippen LogP contribution is -2.32. The highest BCUT2D eigenvalue weighted by atomic mass is 32.1. The number of aryl methyl sites for hydroxylation is 2. The second kappa shape index (κ2) is 10.2. The third-order valence-electron chi connectivity index (χ3n) is 5.94. The fourth-order valence-corrected chi connectivity index (χ4v) is 4.83. The normalized spacial score (nSPS) is 11.7. The molecule has 4 aromatic rings. The molecule has 1 atom stereocenters. The lowest BCUT2D eigenvalue weighted by molar-refractivity contribution is -0.118. The molecule has 186 valence electrons. The minimum atomic E-state index is -0.881. The molecule has 4 rings (SSSR count). The number of para-hydroxylation sites is 1. The van der Waals surface area contributed by atoms with Gasteiger partial charge in [0.2, 0.25) is 5.91 Å². The van der Waals surface area contributed by atoms with E-state index < -0.39 is 17.5 Å². The summed E-state index contributed by atoms with van der Waals surface area (Å²) in [5, 5.41) is 6.00. The number of aromatic nitrogens is 2. The Kier molecular flexibility index (Phi) is 7.07. The van der Waals surface area contributed by atoms with E-state index in [1.54, 1.807) is 32.0 Å². The largest absolute Gasteiger partial charge is 0.497 e. The molecule has 0 spiro atoms. The zero-order valence-electron chi connectivity index (χ0n) is 20.5. The van der Waals surface area contributed by atoms with Crippen LogP contribution in [-0.2, 0) is 4.79 Å². The Bertz CT molecular complexity index is 1520. The molecule has 0 radical (unpaired) electrons. The number of hydrogen-bond donors (Lipinski definition) is 2. The predicted molar refractivity (Wildman–Crippen MR) is 141 cm³/mol. The lowest BCUT2D eigenvalue weighted by Gasteiger charge is -2.17. The predicted octanol–water partition coefficient (Wildman–Crippen LogP) is 4.54. The van der Waals surface area contributed by atoms with E-state index in [1.165, 1.54) is 25.1 Å². The number of fused-ring (bicyclic) bond motifs is 1. The van der Waals surface area contributed by atoms with E-state index in [0.29, 0.717) is 43.5 Å². The van der Waals surface area contributed by atoms with E-state index in [0.717, 1.165) is 16.9 Å². The first-order valence-electron chi connectivity index (χ1n) is 11.1. The minimum absolute atomic E-state index is 0.313. The van der Waals surface area contributed by atoms with Gasteiger partial charge in [-0.1, -0.05) is 18.2 Å². The first kappa shape index (κ1) is 24.9. The van der Waals surface area contributed by atoms with Gasteiger partial charge in [-0.15, -0.1) is 11.3 Å². The van der Waals surface area contributed by atoms with Crippen molar-refractivity contribution in [1.82, 2.24) is 9.55 Å². The molecule has 10 heteroatoms. The smallest absolute Gasteiger partial charge is 0.266 e. The number of nitrogens with zero attached hydrogens (tertiary/aromatic N) is 2. The highest BCUT2D eigenvalue weighted by Crippen LogP contribution is 2.30. The zero-order valence-corrected chi connectivity index (χ0v) is 21.4. The molecule has 0 bridgehead atoms. The zero-order chi connectivity index (χ0) is 26.0. The molecule has 36 heavy (non-hydrogen) atoms. The van der Waals surface area contributed by atoms with Gasteiger partial charge in [0.15, 0.2) is 0 Å². The Labute approximate surface area is 211 Å². The Morgan fingerprint density at radius 2 is 1.78 bits per heavy atom. The monoisotopic (exact) mass is 506 g/mol. The average Bonchev–Trinajstić information content (AvgIpc) is 3.22. The van der Waals surface area contributed by atoms with Crippen LogP contribution in [0.5, 0.6) is 11.5 Å². The van der Waals surface area contributed by atoms with Crippen LogP contribution in [0, 0.1) is 13.8 Å². The summed E-state index contributed by atoms with van der Waals surface area (Å²) in [6.45, 7) is 5.22. The first-order valence-corrected chi connectivity index (χ1v) is 12.0. The molecule has 2 aromatic carbocycles. The van der Waals surface area contributed by atoms with Crippen LogP contribution < -0.4 is 25.7 Å². The van der Waals surface area contributed by atoms with E-state index in [9.17, 15) is 14.4 Å². The summed E-state index contributed by atoms with van der Waals surface area (Å²) in [7, 11) is 3.02. The summed E-state index contributed by atoms with van der Waals surface area (Å²) in [5.41, 5.74) is 2.16. The van der Waals surface area contributed by atoms with Crippen LogP contribution in [0.3, 0.4) is 0 Å². The third-order valence-corrected chi connectivity index (χ3v) is 7.14. The molecule has 0 fully saturated rings. The van der Waals surface area contributed by atoms with Crippen molar-refractivity contribution in [1.29, 1.82) is 0 Å².